The Balaban J connectivity index is 1.47. The highest BCUT2D eigenvalue weighted by molar-refractivity contribution is 5.89. The summed E-state index contributed by atoms with van der Waals surface area (Å²) in [5, 5.41) is 5.57. The van der Waals surface area contributed by atoms with Gasteiger partial charge < -0.3 is 19.2 Å². The second kappa shape index (κ2) is 8.32. The summed E-state index contributed by atoms with van der Waals surface area (Å²) in [4.78, 5) is 25.1. The fraction of sp³-hybridized carbons (Fsp3) is 0.368. The number of nitrogens with one attached hydrogen (secondary N) is 2. The van der Waals surface area contributed by atoms with Gasteiger partial charge in [0.25, 0.3) is 0 Å². The van der Waals surface area contributed by atoms with Crippen molar-refractivity contribution in [3.05, 3.63) is 36.2 Å². The van der Waals surface area contributed by atoms with Gasteiger partial charge in [-0.2, -0.15) is 0 Å². The molecule has 9 nitrogen and oxygen atoms in total. The number of furan rings is 1. The second-order valence-corrected chi connectivity index (χ2v) is 6.39. The van der Waals surface area contributed by atoms with Crippen molar-refractivity contribution in [2.75, 3.05) is 18.7 Å². The van der Waals surface area contributed by atoms with Crippen LogP contribution in [-0.2, 0) is 16.1 Å². The first kappa shape index (κ1) is 18.3. The molecule has 28 heavy (non-hydrogen) atoms. The van der Waals surface area contributed by atoms with Gasteiger partial charge in [0.15, 0.2) is 11.4 Å². The minimum absolute atomic E-state index is 0.219. The lowest BCUT2D eigenvalue weighted by Crippen LogP contribution is -2.30. The Morgan fingerprint density at radius 3 is 2.93 bits per heavy atom. The van der Waals surface area contributed by atoms with Crippen molar-refractivity contribution in [3.8, 4) is 11.5 Å². The molecule has 0 spiro atoms. The van der Waals surface area contributed by atoms with Gasteiger partial charge in [-0.1, -0.05) is 0 Å². The Morgan fingerprint density at radius 2 is 2.11 bits per heavy atom. The Labute approximate surface area is 161 Å². The molecular formula is C19H21N5O4. The quantitative estimate of drug-likeness (QED) is 0.454. The fourth-order valence-corrected chi connectivity index (χ4v) is 2.53. The van der Waals surface area contributed by atoms with Gasteiger partial charge in [0.2, 0.25) is 0 Å². The van der Waals surface area contributed by atoms with E-state index in [2.05, 4.69) is 25.6 Å². The number of carbonyl (C=O) groups is 1. The summed E-state index contributed by atoms with van der Waals surface area (Å²) in [6.45, 7) is 3.03. The van der Waals surface area contributed by atoms with Gasteiger partial charge in [-0.25, -0.2) is 14.8 Å². The van der Waals surface area contributed by atoms with Crippen LogP contribution in [0.2, 0.25) is 0 Å². The van der Waals surface area contributed by atoms with Gasteiger partial charge in [0, 0.05) is 12.6 Å². The summed E-state index contributed by atoms with van der Waals surface area (Å²) in [6.07, 6.45) is 3.67. The first-order valence-electron chi connectivity index (χ1n) is 9.17. The van der Waals surface area contributed by atoms with E-state index in [0.717, 1.165) is 12.8 Å². The van der Waals surface area contributed by atoms with E-state index in [9.17, 15) is 4.79 Å². The molecule has 3 aromatic heterocycles. The molecule has 0 bridgehead atoms. The molecule has 0 radical (unpaired) electrons. The molecule has 1 aliphatic rings. The zero-order valence-corrected chi connectivity index (χ0v) is 15.5. The Morgan fingerprint density at radius 1 is 1.21 bits per heavy atom. The van der Waals surface area contributed by atoms with Gasteiger partial charge in [0.05, 0.1) is 6.20 Å². The number of hydrogen-bond acceptors (Lipinski definition) is 7. The summed E-state index contributed by atoms with van der Waals surface area (Å²) in [6, 6.07) is 7.10. The van der Waals surface area contributed by atoms with E-state index in [4.69, 9.17) is 13.9 Å². The van der Waals surface area contributed by atoms with Crippen LogP contribution in [0.15, 0.2) is 34.9 Å². The Hall–Kier alpha value is -3.04. The summed E-state index contributed by atoms with van der Waals surface area (Å²) < 4.78 is 16.2. The molecule has 0 unspecified atom stereocenters. The van der Waals surface area contributed by atoms with Crippen molar-refractivity contribution < 1.29 is 18.7 Å². The van der Waals surface area contributed by atoms with Crippen molar-refractivity contribution >= 4 is 23.0 Å². The summed E-state index contributed by atoms with van der Waals surface area (Å²) in [5.41, 5.74) is 1.60. The summed E-state index contributed by atoms with van der Waals surface area (Å²) in [7, 11) is 0. The smallest absolute Gasteiger partial charge is 0.320 e. The van der Waals surface area contributed by atoms with E-state index >= 15 is 0 Å². The maximum absolute atomic E-state index is 11.9. The number of nitrogens with zero attached hydrogens (tertiary/aromatic N) is 3. The number of ether oxygens (including phenoxy) is 2. The number of amides is 2. The topological polar surface area (TPSA) is 111 Å². The molecule has 9 heteroatoms. The lowest BCUT2D eigenvalue weighted by molar-refractivity contribution is -0.0613. The lowest BCUT2D eigenvalue weighted by Gasteiger charge is -2.06. The minimum atomic E-state index is -0.263. The van der Waals surface area contributed by atoms with Crippen LogP contribution < -0.4 is 10.6 Å². The molecule has 146 valence electrons. The van der Waals surface area contributed by atoms with Crippen LogP contribution in [0.5, 0.6) is 0 Å². The monoisotopic (exact) mass is 383 g/mol. The molecular weight excluding hydrogens is 362 g/mol. The predicted molar refractivity (Wildman–Crippen MR) is 101 cm³/mol. The molecule has 2 N–H and O–H groups in total. The van der Waals surface area contributed by atoms with Crippen LogP contribution in [0.4, 0.5) is 10.6 Å². The maximum Gasteiger partial charge on any atom is 0.320 e. The number of aromatic nitrogens is 3. The van der Waals surface area contributed by atoms with Gasteiger partial charge in [0.1, 0.15) is 36.2 Å². The highest BCUT2D eigenvalue weighted by atomic mass is 16.7. The van der Waals surface area contributed by atoms with Gasteiger partial charge in [-0.15, -0.1) is 0 Å². The third kappa shape index (κ3) is 4.62. The molecule has 2 amide bonds. The van der Waals surface area contributed by atoms with E-state index in [1.807, 2.05) is 13.0 Å². The van der Waals surface area contributed by atoms with Crippen molar-refractivity contribution in [2.45, 2.75) is 32.4 Å². The SMILES string of the molecule is CCOCOCc1ccc(-c2cnc3ccc(NC(=O)NC4CC4)nc3n2)o1. The number of pyridine rings is 1. The lowest BCUT2D eigenvalue weighted by atomic mass is 10.3. The molecule has 0 aromatic carbocycles. The number of hydrogen-bond donors (Lipinski definition) is 2. The molecule has 4 rings (SSSR count). The predicted octanol–water partition coefficient (Wildman–Crippen LogP) is 3.08. The van der Waals surface area contributed by atoms with Crippen LogP contribution in [0.25, 0.3) is 22.6 Å². The molecule has 3 heterocycles. The van der Waals surface area contributed by atoms with Gasteiger partial charge in [-0.3, -0.25) is 10.3 Å². The number of urea groups is 1. The van der Waals surface area contributed by atoms with Crippen LogP contribution in [0.3, 0.4) is 0 Å². The van der Waals surface area contributed by atoms with Gasteiger partial charge >= 0.3 is 6.03 Å². The fourth-order valence-electron chi connectivity index (χ4n) is 2.53. The number of carbonyl (C=O) groups excluding carboxylic acids is 1. The molecule has 1 fully saturated rings. The van der Waals surface area contributed by atoms with Crippen molar-refractivity contribution in [1.29, 1.82) is 0 Å². The average Bonchev–Trinajstić information content (AvgIpc) is 3.38. The van der Waals surface area contributed by atoms with Crippen molar-refractivity contribution in [2.24, 2.45) is 0 Å². The van der Waals surface area contributed by atoms with E-state index < -0.39 is 0 Å². The first-order chi connectivity index (χ1) is 13.7. The third-order valence-electron chi connectivity index (χ3n) is 4.09. The van der Waals surface area contributed by atoms with Crippen molar-refractivity contribution in [1.82, 2.24) is 20.3 Å². The van der Waals surface area contributed by atoms with E-state index in [0.29, 0.717) is 47.4 Å². The molecule has 1 aliphatic carbocycles. The standard InChI is InChI=1S/C19H21N5O4/c1-2-26-11-27-10-13-5-7-16(28-13)15-9-20-14-6-8-17(23-18(14)22-15)24-19(25)21-12-3-4-12/h5-9,12H,2-4,10-11H2,1H3,(H2,21,22,23,24,25). The van der Waals surface area contributed by atoms with Crippen molar-refractivity contribution in [3.63, 3.8) is 0 Å². The summed E-state index contributed by atoms with van der Waals surface area (Å²) >= 11 is 0. The second-order valence-electron chi connectivity index (χ2n) is 6.39. The molecule has 0 saturated heterocycles. The number of anilines is 1. The van der Waals surface area contributed by atoms with Gasteiger partial charge in [-0.05, 0) is 44.0 Å². The van der Waals surface area contributed by atoms with E-state index in [1.54, 1.807) is 24.4 Å². The molecule has 0 atom stereocenters. The molecule has 3 aromatic rings. The Kier molecular flexibility index (Phi) is 5.45. The summed E-state index contributed by atoms with van der Waals surface area (Å²) in [5.74, 6) is 1.65. The number of rotatable bonds is 8. The average molecular weight is 383 g/mol. The van der Waals surface area contributed by atoms with Crippen LogP contribution >= 0.6 is 0 Å². The first-order valence-corrected chi connectivity index (χ1v) is 9.17. The highest BCUT2D eigenvalue weighted by Gasteiger charge is 2.23. The molecule has 1 saturated carbocycles. The third-order valence-corrected chi connectivity index (χ3v) is 4.09. The zero-order valence-electron chi connectivity index (χ0n) is 15.5. The van der Waals surface area contributed by atoms with E-state index in [-0.39, 0.29) is 18.9 Å². The molecule has 0 aliphatic heterocycles. The van der Waals surface area contributed by atoms with Crippen LogP contribution in [0, 0.1) is 0 Å². The minimum Gasteiger partial charge on any atom is -0.457 e. The largest absolute Gasteiger partial charge is 0.457 e. The highest BCUT2D eigenvalue weighted by Crippen LogP contribution is 2.22. The zero-order chi connectivity index (χ0) is 19.3. The van der Waals surface area contributed by atoms with Crippen LogP contribution in [0.1, 0.15) is 25.5 Å². The Bertz CT molecular complexity index is 970. The van der Waals surface area contributed by atoms with Crippen LogP contribution in [-0.4, -0.2) is 40.4 Å². The van der Waals surface area contributed by atoms with E-state index in [1.165, 1.54) is 0 Å². The number of fused-ring (bicyclic) bond motifs is 1. The normalized spacial score (nSPS) is 13.6. The maximum atomic E-state index is 11.9.